The van der Waals surface area contributed by atoms with E-state index in [2.05, 4.69) is 30.4 Å². The Morgan fingerprint density at radius 3 is 2.68 bits per heavy atom. The third kappa shape index (κ3) is 2.36. The Morgan fingerprint density at radius 2 is 1.95 bits per heavy atom. The predicted molar refractivity (Wildman–Crippen MR) is 76.0 cm³/mol. The van der Waals surface area contributed by atoms with Crippen molar-refractivity contribution in [1.29, 1.82) is 0 Å². The van der Waals surface area contributed by atoms with Crippen LogP contribution in [-0.2, 0) is 0 Å². The molecule has 1 unspecified atom stereocenters. The molecule has 1 N–H and O–H groups in total. The maximum atomic E-state index is 6.07. The van der Waals surface area contributed by atoms with Gasteiger partial charge in [0.25, 0.3) is 0 Å². The minimum Gasteiger partial charge on any atom is -0.497 e. The van der Waals surface area contributed by atoms with Crippen LogP contribution in [0.15, 0.2) is 42.5 Å². The van der Waals surface area contributed by atoms with Crippen LogP contribution in [-0.4, -0.2) is 13.7 Å². The molecule has 1 heterocycles. The molecule has 0 saturated heterocycles. The summed E-state index contributed by atoms with van der Waals surface area (Å²) >= 11 is 0. The Hall–Kier alpha value is -2.16. The zero-order valence-corrected chi connectivity index (χ0v) is 11.1. The van der Waals surface area contributed by atoms with Crippen molar-refractivity contribution < 1.29 is 9.47 Å². The van der Waals surface area contributed by atoms with Gasteiger partial charge in [0.1, 0.15) is 17.6 Å². The van der Waals surface area contributed by atoms with Gasteiger partial charge in [-0.15, -0.1) is 0 Å². The van der Waals surface area contributed by atoms with E-state index < -0.39 is 0 Å². The van der Waals surface area contributed by atoms with E-state index in [0.29, 0.717) is 0 Å². The molecule has 98 valence electrons. The van der Waals surface area contributed by atoms with Crippen molar-refractivity contribution in [2.45, 2.75) is 13.0 Å². The first kappa shape index (κ1) is 11.9. The second kappa shape index (κ2) is 4.84. The Labute approximate surface area is 113 Å². The molecule has 19 heavy (non-hydrogen) atoms. The number of hydrogen-bond acceptors (Lipinski definition) is 3. The first-order valence-corrected chi connectivity index (χ1v) is 6.41. The summed E-state index contributed by atoms with van der Waals surface area (Å²) in [6, 6.07) is 14.2. The fourth-order valence-electron chi connectivity index (χ4n) is 2.28. The predicted octanol–water partition coefficient (Wildman–Crippen LogP) is 3.55. The molecule has 0 bridgehead atoms. The molecular weight excluding hydrogens is 238 g/mol. The molecule has 3 nitrogen and oxygen atoms in total. The van der Waals surface area contributed by atoms with Crippen LogP contribution in [0.2, 0.25) is 0 Å². The lowest BCUT2D eigenvalue weighted by molar-refractivity contribution is 0.210. The highest BCUT2D eigenvalue weighted by Crippen LogP contribution is 2.35. The van der Waals surface area contributed by atoms with Crippen molar-refractivity contribution >= 4 is 5.69 Å². The van der Waals surface area contributed by atoms with Crippen LogP contribution in [0.3, 0.4) is 0 Å². The van der Waals surface area contributed by atoms with Gasteiger partial charge in [-0.2, -0.15) is 0 Å². The normalized spacial score (nSPS) is 17.1. The summed E-state index contributed by atoms with van der Waals surface area (Å²) in [5.74, 6) is 1.79. The lowest BCUT2D eigenvalue weighted by atomic mass is 10.1. The zero-order valence-electron chi connectivity index (χ0n) is 11.1. The largest absolute Gasteiger partial charge is 0.497 e. The minimum absolute atomic E-state index is 0.0419. The van der Waals surface area contributed by atoms with Crippen molar-refractivity contribution in [3.8, 4) is 11.5 Å². The molecule has 0 fully saturated rings. The van der Waals surface area contributed by atoms with E-state index in [9.17, 15) is 0 Å². The van der Waals surface area contributed by atoms with Crippen molar-refractivity contribution in [2.75, 3.05) is 19.0 Å². The topological polar surface area (TPSA) is 30.5 Å². The molecular formula is C16H17NO2. The van der Waals surface area contributed by atoms with Gasteiger partial charge in [-0.3, -0.25) is 0 Å². The highest BCUT2D eigenvalue weighted by atomic mass is 16.5. The van der Waals surface area contributed by atoms with Crippen LogP contribution in [0.4, 0.5) is 5.69 Å². The van der Waals surface area contributed by atoms with Crippen LogP contribution < -0.4 is 14.8 Å². The van der Waals surface area contributed by atoms with Gasteiger partial charge in [0.05, 0.1) is 19.3 Å². The quantitative estimate of drug-likeness (QED) is 0.890. The van der Waals surface area contributed by atoms with Crippen molar-refractivity contribution in [1.82, 2.24) is 0 Å². The third-order valence-corrected chi connectivity index (χ3v) is 3.37. The second-order valence-corrected chi connectivity index (χ2v) is 4.76. The summed E-state index contributed by atoms with van der Waals surface area (Å²) in [7, 11) is 1.67. The van der Waals surface area contributed by atoms with Gasteiger partial charge in [-0.25, -0.2) is 0 Å². The average Bonchev–Trinajstić information content (AvgIpc) is 2.46. The Balaban J connectivity index is 1.84. The van der Waals surface area contributed by atoms with Gasteiger partial charge in [0.2, 0.25) is 0 Å². The molecule has 0 amide bonds. The Morgan fingerprint density at radius 1 is 1.16 bits per heavy atom. The number of anilines is 1. The molecule has 1 atom stereocenters. The average molecular weight is 255 g/mol. The standard InChI is InChI=1S/C16H17NO2/c1-11-3-8-14-15(9-11)19-16(10-17-14)12-4-6-13(18-2)7-5-12/h3-9,16-17H,10H2,1-2H3. The fraction of sp³-hybridized carbons (Fsp3) is 0.250. The van der Waals surface area contributed by atoms with Crippen LogP contribution in [0, 0.1) is 6.92 Å². The maximum Gasteiger partial charge on any atom is 0.143 e. The SMILES string of the molecule is COc1ccc(C2CNc3ccc(C)cc3O2)cc1. The summed E-state index contributed by atoms with van der Waals surface area (Å²) in [5.41, 5.74) is 3.42. The smallest absolute Gasteiger partial charge is 0.143 e. The van der Waals surface area contributed by atoms with Gasteiger partial charge in [0, 0.05) is 0 Å². The molecule has 2 aromatic rings. The monoisotopic (exact) mass is 255 g/mol. The third-order valence-electron chi connectivity index (χ3n) is 3.37. The lowest BCUT2D eigenvalue weighted by Gasteiger charge is -2.28. The summed E-state index contributed by atoms with van der Waals surface area (Å²) in [6.45, 7) is 2.85. The fourth-order valence-corrected chi connectivity index (χ4v) is 2.28. The molecule has 0 saturated carbocycles. The number of aryl methyl sites for hydroxylation is 1. The van der Waals surface area contributed by atoms with E-state index in [1.54, 1.807) is 7.11 Å². The first-order chi connectivity index (χ1) is 9.26. The second-order valence-electron chi connectivity index (χ2n) is 4.76. The van der Waals surface area contributed by atoms with Crippen LogP contribution in [0.1, 0.15) is 17.2 Å². The van der Waals surface area contributed by atoms with Gasteiger partial charge >= 0.3 is 0 Å². The number of nitrogens with one attached hydrogen (secondary N) is 1. The van der Waals surface area contributed by atoms with Crippen molar-refractivity contribution in [3.63, 3.8) is 0 Å². The molecule has 1 aliphatic heterocycles. The molecule has 2 aromatic carbocycles. The molecule has 0 radical (unpaired) electrons. The van der Waals surface area contributed by atoms with E-state index >= 15 is 0 Å². The van der Waals surface area contributed by atoms with Gasteiger partial charge < -0.3 is 14.8 Å². The maximum absolute atomic E-state index is 6.07. The Bertz CT molecular complexity index is 578. The minimum atomic E-state index is 0.0419. The van der Waals surface area contributed by atoms with Crippen LogP contribution in [0.5, 0.6) is 11.5 Å². The molecule has 1 aliphatic rings. The van der Waals surface area contributed by atoms with Crippen molar-refractivity contribution in [3.05, 3.63) is 53.6 Å². The van der Waals surface area contributed by atoms with Crippen LogP contribution in [0.25, 0.3) is 0 Å². The van der Waals surface area contributed by atoms with E-state index in [1.165, 1.54) is 5.56 Å². The molecule has 0 spiro atoms. The van der Waals surface area contributed by atoms with E-state index in [1.807, 2.05) is 24.3 Å². The zero-order chi connectivity index (χ0) is 13.2. The summed E-state index contributed by atoms with van der Waals surface area (Å²) in [5, 5.41) is 3.41. The van der Waals surface area contributed by atoms with Gasteiger partial charge in [-0.1, -0.05) is 18.2 Å². The summed E-state index contributed by atoms with van der Waals surface area (Å²) in [4.78, 5) is 0. The van der Waals surface area contributed by atoms with E-state index in [4.69, 9.17) is 9.47 Å². The number of hydrogen-bond donors (Lipinski definition) is 1. The van der Waals surface area contributed by atoms with Gasteiger partial charge in [-0.05, 0) is 42.3 Å². The number of methoxy groups -OCH3 is 1. The Kier molecular flexibility index (Phi) is 3.03. The number of ether oxygens (including phenoxy) is 2. The lowest BCUT2D eigenvalue weighted by Crippen LogP contribution is -2.23. The number of fused-ring (bicyclic) bond motifs is 1. The summed E-state index contributed by atoms with van der Waals surface area (Å²) < 4.78 is 11.2. The van der Waals surface area contributed by atoms with Crippen LogP contribution >= 0.6 is 0 Å². The summed E-state index contributed by atoms with van der Waals surface area (Å²) in [6.07, 6.45) is 0.0419. The highest BCUT2D eigenvalue weighted by Gasteiger charge is 2.20. The van der Waals surface area contributed by atoms with E-state index in [0.717, 1.165) is 29.3 Å². The molecule has 3 heteroatoms. The number of benzene rings is 2. The molecule has 0 aliphatic carbocycles. The highest BCUT2D eigenvalue weighted by molar-refractivity contribution is 5.59. The van der Waals surface area contributed by atoms with Gasteiger partial charge in [0.15, 0.2) is 0 Å². The number of rotatable bonds is 2. The molecule has 0 aromatic heterocycles. The molecule has 3 rings (SSSR count). The van der Waals surface area contributed by atoms with Crippen molar-refractivity contribution in [2.24, 2.45) is 0 Å². The first-order valence-electron chi connectivity index (χ1n) is 6.41. The van der Waals surface area contributed by atoms with E-state index in [-0.39, 0.29) is 6.10 Å².